The predicted molar refractivity (Wildman–Crippen MR) is 122 cm³/mol. The summed E-state index contributed by atoms with van der Waals surface area (Å²) in [6.45, 7) is -0.244. The Morgan fingerprint density at radius 2 is 1.42 bits per heavy atom. The van der Waals surface area contributed by atoms with E-state index in [9.17, 15) is 14.4 Å². The van der Waals surface area contributed by atoms with E-state index >= 15 is 0 Å². The largest absolute Gasteiger partial charge is 0.467 e. The Morgan fingerprint density at radius 1 is 0.848 bits per heavy atom. The lowest BCUT2D eigenvalue weighted by Crippen LogP contribution is -2.48. The van der Waals surface area contributed by atoms with E-state index in [0.717, 1.165) is 27.8 Å². The molecule has 0 bridgehead atoms. The minimum Gasteiger partial charge on any atom is -0.467 e. The zero-order chi connectivity index (χ0) is 23.2. The van der Waals surface area contributed by atoms with Crippen LogP contribution in [0.15, 0.2) is 78.9 Å². The van der Waals surface area contributed by atoms with Gasteiger partial charge in [0.05, 0.1) is 7.11 Å². The Labute approximate surface area is 191 Å². The molecule has 0 spiro atoms. The molecule has 0 saturated carbocycles. The highest BCUT2D eigenvalue weighted by molar-refractivity contribution is 5.90. The molecule has 3 aromatic rings. The molecular formula is C26H24N2O5. The summed E-state index contributed by atoms with van der Waals surface area (Å²) in [5, 5.41) is 5.16. The van der Waals surface area contributed by atoms with Crippen LogP contribution in [-0.4, -0.2) is 37.7 Å². The summed E-state index contributed by atoms with van der Waals surface area (Å²) in [7, 11) is 1.29. The molecule has 0 aromatic heterocycles. The van der Waals surface area contributed by atoms with Crippen LogP contribution in [0.1, 0.15) is 22.6 Å². The maximum absolute atomic E-state index is 12.7. The molecule has 1 atom stereocenters. The average molecular weight is 444 g/mol. The molecule has 1 aliphatic carbocycles. The van der Waals surface area contributed by atoms with Crippen molar-refractivity contribution in [3.63, 3.8) is 0 Å². The van der Waals surface area contributed by atoms with E-state index in [1.54, 1.807) is 0 Å². The SMILES string of the molecule is COC(=O)[C@H](NC(=O)CNC(=O)OCc1ccccc1)C1c2ccccc2-c2ccccc21. The number of hydrogen-bond donors (Lipinski definition) is 2. The minimum atomic E-state index is -0.950. The molecule has 4 rings (SSSR count). The van der Waals surface area contributed by atoms with Crippen molar-refractivity contribution in [2.75, 3.05) is 13.7 Å². The van der Waals surface area contributed by atoms with Crippen LogP contribution in [-0.2, 0) is 25.7 Å². The molecule has 0 unspecified atom stereocenters. The Morgan fingerprint density at radius 3 is 2.03 bits per heavy atom. The van der Waals surface area contributed by atoms with Gasteiger partial charge in [-0.15, -0.1) is 0 Å². The van der Waals surface area contributed by atoms with Crippen LogP contribution in [0.3, 0.4) is 0 Å². The Bertz CT molecular complexity index is 1120. The Kier molecular flexibility index (Phi) is 6.69. The van der Waals surface area contributed by atoms with E-state index in [-0.39, 0.29) is 13.2 Å². The Hall–Kier alpha value is -4.13. The molecule has 7 nitrogen and oxygen atoms in total. The number of alkyl carbamates (subject to hydrolysis) is 1. The van der Waals surface area contributed by atoms with Gasteiger partial charge in [-0.2, -0.15) is 0 Å². The summed E-state index contributed by atoms with van der Waals surface area (Å²) < 4.78 is 10.1. The lowest BCUT2D eigenvalue weighted by Gasteiger charge is -2.24. The quantitative estimate of drug-likeness (QED) is 0.545. The number of benzene rings is 3. The molecule has 0 saturated heterocycles. The standard InChI is InChI=1S/C26H24N2O5/c1-32-25(30)24(23-20-13-7-5-11-18(20)19-12-6-8-14-21(19)23)28-22(29)15-27-26(31)33-16-17-9-3-2-4-10-17/h2-14,23-24H,15-16H2,1H3,(H,27,31)(H,28,29)/t24-/m1/s1. The zero-order valence-electron chi connectivity index (χ0n) is 18.1. The molecule has 0 heterocycles. The third-order valence-corrected chi connectivity index (χ3v) is 5.59. The summed E-state index contributed by atoms with van der Waals surface area (Å²) in [6.07, 6.45) is -0.722. The van der Waals surface area contributed by atoms with Crippen molar-refractivity contribution in [3.8, 4) is 11.1 Å². The monoisotopic (exact) mass is 444 g/mol. The molecule has 2 N–H and O–H groups in total. The van der Waals surface area contributed by atoms with Crippen LogP contribution >= 0.6 is 0 Å². The second kappa shape index (κ2) is 9.99. The highest BCUT2D eigenvalue weighted by atomic mass is 16.5. The van der Waals surface area contributed by atoms with Gasteiger partial charge in [-0.3, -0.25) is 4.79 Å². The first-order valence-corrected chi connectivity index (χ1v) is 10.6. The number of carbonyl (C=O) groups is 3. The highest BCUT2D eigenvalue weighted by Gasteiger charge is 2.39. The third kappa shape index (κ3) is 4.87. The molecule has 0 fully saturated rings. The van der Waals surface area contributed by atoms with Gasteiger partial charge in [0.25, 0.3) is 0 Å². The van der Waals surface area contributed by atoms with E-state index in [0.29, 0.717) is 0 Å². The molecule has 2 amide bonds. The first kappa shape index (κ1) is 22.1. The molecule has 1 aliphatic rings. The third-order valence-electron chi connectivity index (χ3n) is 5.59. The first-order chi connectivity index (χ1) is 16.1. The predicted octanol–water partition coefficient (Wildman–Crippen LogP) is 3.38. The second-order valence-corrected chi connectivity index (χ2v) is 7.64. The number of hydrogen-bond acceptors (Lipinski definition) is 5. The van der Waals surface area contributed by atoms with Crippen LogP contribution in [0.25, 0.3) is 11.1 Å². The van der Waals surface area contributed by atoms with Crippen LogP contribution in [0, 0.1) is 0 Å². The van der Waals surface area contributed by atoms with Crippen molar-refractivity contribution in [2.24, 2.45) is 0 Å². The van der Waals surface area contributed by atoms with E-state index < -0.39 is 29.9 Å². The molecule has 0 aliphatic heterocycles. The van der Waals surface area contributed by atoms with Crippen molar-refractivity contribution >= 4 is 18.0 Å². The lowest BCUT2D eigenvalue weighted by molar-refractivity contribution is -0.145. The van der Waals surface area contributed by atoms with Gasteiger partial charge in [-0.1, -0.05) is 78.9 Å². The summed E-state index contributed by atoms with van der Waals surface area (Å²) in [5.41, 5.74) is 4.74. The van der Waals surface area contributed by atoms with Gasteiger partial charge in [0.15, 0.2) is 0 Å². The number of amides is 2. The van der Waals surface area contributed by atoms with Gasteiger partial charge in [0, 0.05) is 5.92 Å². The highest BCUT2D eigenvalue weighted by Crippen LogP contribution is 2.46. The lowest BCUT2D eigenvalue weighted by atomic mass is 9.89. The van der Waals surface area contributed by atoms with Gasteiger partial charge < -0.3 is 20.1 Å². The van der Waals surface area contributed by atoms with Crippen molar-refractivity contribution in [2.45, 2.75) is 18.6 Å². The maximum Gasteiger partial charge on any atom is 0.407 e. The second-order valence-electron chi connectivity index (χ2n) is 7.64. The number of nitrogens with one attached hydrogen (secondary N) is 2. The fraction of sp³-hybridized carbons (Fsp3) is 0.192. The van der Waals surface area contributed by atoms with Crippen LogP contribution in [0.4, 0.5) is 4.79 Å². The topological polar surface area (TPSA) is 93.7 Å². The minimum absolute atomic E-state index is 0.0920. The summed E-state index contributed by atoms with van der Waals surface area (Å²) in [4.78, 5) is 37.3. The van der Waals surface area contributed by atoms with Gasteiger partial charge >= 0.3 is 12.1 Å². The number of esters is 1. The molecule has 3 aromatic carbocycles. The molecule has 168 valence electrons. The van der Waals surface area contributed by atoms with E-state index in [1.807, 2.05) is 78.9 Å². The van der Waals surface area contributed by atoms with Crippen molar-refractivity contribution in [1.29, 1.82) is 0 Å². The maximum atomic E-state index is 12.7. The van der Waals surface area contributed by atoms with Crippen molar-refractivity contribution in [3.05, 3.63) is 95.6 Å². The number of methoxy groups -OCH3 is 1. The van der Waals surface area contributed by atoms with Crippen LogP contribution in [0.5, 0.6) is 0 Å². The van der Waals surface area contributed by atoms with E-state index in [1.165, 1.54) is 7.11 Å². The van der Waals surface area contributed by atoms with Gasteiger partial charge in [0.1, 0.15) is 19.2 Å². The summed E-state index contributed by atoms with van der Waals surface area (Å²) in [6, 6.07) is 23.8. The Balaban J connectivity index is 1.44. The van der Waals surface area contributed by atoms with E-state index in [4.69, 9.17) is 9.47 Å². The fourth-order valence-corrected chi connectivity index (χ4v) is 4.11. The molecule has 33 heavy (non-hydrogen) atoms. The average Bonchev–Trinajstić information content (AvgIpc) is 3.19. The van der Waals surface area contributed by atoms with Crippen LogP contribution in [0.2, 0.25) is 0 Å². The van der Waals surface area contributed by atoms with Crippen molar-refractivity contribution < 1.29 is 23.9 Å². The van der Waals surface area contributed by atoms with Gasteiger partial charge in [-0.25, -0.2) is 9.59 Å². The van der Waals surface area contributed by atoms with Crippen molar-refractivity contribution in [1.82, 2.24) is 10.6 Å². The molecule has 7 heteroatoms. The molecular weight excluding hydrogens is 420 g/mol. The van der Waals surface area contributed by atoms with E-state index in [2.05, 4.69) is 10.6 Å². The van der Waals surface area contributed by atoms with Crippen LogP contribution < -0.4 is 10.6 Å². The molecule has 0 radical (unpaired) electrons. The zero-order valence-corrected chi connectivity index (χ0v) is 18.1. The fourth-order valence-electron chi connectivity index (χ4n) is 4.11. The van der Waals surface area contributed by atoms with Gasteiger partial charge in [0.2, 0.25) is 5.91 Å². The summed E-state index contributed by atoms with van der Waals surface area (Å²) in [5.74, 6) is -1.49. The summed E-state index contributed by atoms with van der Waals surface area (Å²) >= 11 is 0. The normalized spacial score (nSPS) is 12.8. The number of fused-ring (bicyclic) bond motifs is 3. The number of rotatable bonds is 7. The first-order valence-electron chi connectivity index (χ1n) is 10.6. The van der Waals surface area contributed by atoms with Gasteiger partial charge in [-0.05, 0) is 27.8 Å². The number of carbonyl (C=O) groups excluding carboxylic acids is 3. The smallest absolute Gasteiger partial charge is 0.407 e. The number of ether oxygens (including phenoxy) is 2.